The van der Waals surface area contributed by atoms with E-state index in [0.717, 1.165) is 25.0 Å². The topological polar surface area (TPSA) is 57.7 Å². The highest BCUT2D eigenvalue weighted by Gasteiger charge is 2.30. The highest BCUT2D eigenvalue weighted by atomic mass is 32.2. The van der Waals surface area contributed by atoms with Crippen molar-refractivity contribution in [3.63, 3.8) is 0 Å². The number of halogens is 2. The van der Waals surface area contributed by atoms with E-state index >= 15 is 0 Å². The Hall–Kier alpha value is -2.32. The maximum Gasteiger partial charge on any atom is 0.254 e. The van der Waals surface area contributed by atoms with Crippen LogP contribution >= 0.6 is 0 Å². The molecule has 1 aliphatic heterocycles. The molecule has 0 aromatic heterocycles. The summed E-state index contributed by atoms with van der Waals surface area (Å²) in [6, 6.07) is 9.29. The lowest BCUT2D eigenvalue weighted by atomic mass is 10.1. The molecule has 1 aliphatic rings. The molecular weight excluding hydrogens is 386 g/mol. The van der Waals surface area contributed by atoms with Crippen LogP contribution in [0.3, 0.4) is 0 Å². The van der Waals surface area contributed by atoms with Crippen molar-refractivity contribution in [3.8, 4) is 0 Å². The van der Waals surface area contributed by atoms with Crippen molar-refractivity contribution in [1.82, 2.24) is 9.21 Å². The fourth-order valence-corrected chi connectivity index (χ4v) is 4.87. The van der Waals surface area contributed by atoms with Crippen LogP contribution in [0.25, 0.3) is 0 Å². The average molecular weight is 408 g/mol. The molecule has 28 heavy (non-hydrogen) atoms. The Labute approximate surface area is 163 Å². The maximum absolute atomic E-state index is 14.3. The average Bonchev–Trinajstić information content (AvgIpc) is 3.21. The molecule has 0 unspecified atom stereocenters. The first-order chi connectivity index (χ1) is 13.3. The number of rotatable bonds is 6. The Bertz CT molecular complexity index is 973. The molecule has 1 fully saturated rings. The molecule has 3 rings (SSSR count). The van der Waals surface area contributed by atoms with E-state index in [9.17, 15) is 22.0 Å². The second-order valence-corrected chi connectivity index (χ2v) is 8.61. The molecule has 150 valence electrons. The lowest BCUT2D eigenvalue weighted by Gasteiger charge is -2.22. The van der Waals surface area contributed by atoms with Gasteiger partial charge in [-0.3, -0.25) is 4.79 Å². The first-order valence-corrected chi connectivity index (χ1v) is 10.6. The van der Waals surface area contributed by atoms with Crippen LogP contribution in [0.4, 0.5) is 8.78 Å². The zero-order valence-corrected chi connectivity index (χ0v) is 16.4. The smallest absolute Gasteiger partial charge is 0.254 e. The van der Waals surface area contributed by atoms with Crippen LogP contribution in [-0.4, -0.2) is 43.2 Å². The normalized spacial score (nSPS) is 15.0. The summed E-state index contributed by atoms with van der Waals surface area (Å²) in [5.74, 6) is -1.72. The van der Waals surface area contributed by atoms with Crippen molar-refractivity contribution in [2.45, 2.75) is 31.2 Å². The first-order valence-electron chi connectivity index (χ1n) is 9.16. The minimum Gasteiger partial charge on any atom is -0.335 e. The van der Waals surface area contributed by atoms with Crippen molar-refractivity contribution in [2.75, 3.05) is 19.6 Å². The molecule has 2 aromatic carbocycles. The van der Waals surface area contributed by atoms with E-state index < -0.39 is 32.5 Å². The van der Waals surface area contributed by atoms with Gasteiger partial charge in [0.05, 0.1) is 0 Å². The van der Waals surface area contributed by atoms with Crippen LogP contribution in [0.1, 0.15) is 35.7 Å². The maximum atomic E-state index is 14.3. The summed E-state index contributed by atoms with van der Waals surface area (Å²) >= 11 is 0. The number of amides is 1. The third kappa shape index (κ3) is 4.23. The summed E-state index contributed by atoms with van der Waals surface area (Å²) in [6.45, 7) is 2.96. The van der Waals surface area contributed by atoms with Crippen molar-refractivity contribution in [3.05, 3.63) is 65.2 Å². The lowest BCUT2D eigenvalue weighted by Crippen LogP contribution is -2.31. The molecule has 1 saturated heterocycles. The second-order valence-electron chi connectivity index (χ2n) is 6.71. The Balaban J connectivity index is 1.89. The minimum atomic E-state index is -3.98. The van der Waals surface area contributed by atoms with Gasteiger partial charge in [-0.25, -0.2) is 17.2 Å². The van der Waals surface area contributed by atoms with Crippen molar-refractivity contribution < 1.29 is 22.0 Å². The fourth-order valence-electron chi connectivity index (χ4n) is 3.27. The van der Waals surface area contributed by atoms with Crippen LogP contribution in [0.15, 0.2) is 47.4 Å². The van der Waals surface area contributed by atoms with E-state index in [1.54, 1.807) is 19.1 Å². The predicted octanol–water partition coefficient (Wildman–Crippen LogP) is 3.41. The van der Waals surface area contributed by atoms with Gasteiger partial charge in [0.25, 0.3) is 5.91 Å². The molecule has 0 bridgehead atoms. The van der Waals surface area contributed by atoms with Gasteiger partial charge >= 0.3 is 0 Å². The van der Waals surface area contributed by atoms with E-state index in [4.69, 9.17) is 0 Å². The van der Waals surface area contributed by atoms with E-state index in [2.05, 4.69) is 0 Å². The quantitative estimate of drug-likeness (QED) is 0.736. The zero-order chi connectivity index (χ0) is 20.3. The second kappa shape index (κ2) is 8.36. The molecular formula is C20H22F2N2O3S. The number of hydrogen-bond donors (Lipinski definition) is 0. The summed E-state index contributed by atoms with van der Waals surface area (Å²) < 4.78 is 54.4. The van der Waals surface area contributed by atoms with E-state index in [0.29, 0.717) is 25.2 Å². The summed E-state index contributed by atoms with van der Waals surface area (Å²) in [5.41, 5.74) is 0.694. The molecule has 1 heterocycles. The Morgan fingerprint density at radius 1 is 1.11 bits per heavy atom. The van der Waals surface area contributed by atoms with E-state index in [1.165, 1.54) is 27.4 Å². The van der Waals surface area contributed by atoms with Crippen LogP contribution < -0.4 is 0 Å². The largest absolute Gasteiger partial charge is 0.335 e. The van der Waals surface area contributed by atoms with Gasteiger partial charge in [-0.2, -0.15) is 4.31 Å². The molecule has 0 saturated carbocycles. The number of carbonyl (C=O) groups excluding carboxylic acids is 1. The summed E-state index contributed by atoms with van der Waals surface area (Å²) in [5, 5.41) is 0. The van der Waals surface area contributed by atoms with Gasteiger partial charge in [0, 0.05) is 31.7 Å². The molecule has 0 spiro atoms. The Kier molecular flexibility index (Phi) is 6.10. The van der Waals surface area contributed by atoms with Gasteiger partial charge in [0.15, 0.2) is 0 Å². The predicted molar refractivity (Wildman–Crippen MR) is 101 cm³/mol. The number of sulfonamides is 1. The summed E-state index contributed by atoms with van der Waals surface area (Å²) in [6.07, 6.45) is 1.47. The molecule has 8 heteroatoms. The number of nitrogens with zero attached hydrogens (tertiary/aromatic N) is 2. The molecule has 1 amide bonds. The first kappa shape index (κ1) is 20.4. The number of benzene rings is 2. The monoisotopic (exact) mass is 408 g/mol. The molecule has 5 nitrogen and oxygen atoms in total. The van der Waals surface area contributed by atoms with E-state index in [-0.39, 0.29) is 12.1 Å². The van der Waals surface area contributed by atoms with Gasteiger partial charge in [-0.15, -0.1) is 0 Å². The van der Waals surface area contributed by atoms with Crippen molar-refractivity contribution in [2.24, 2.45) is 0 Å². The standard InChI is InChI=1S/C20H22F2N2O3S/c1-2-23(14-15-6-5-7-17(21)12-15)20(25)16-8-9-18(22)19(13-16)28(26,27)24-10-3-4-11-24/h5-9,12-13H,2-4,10-11,14H2,1H3. The highest BCUT2D eigenvalue weighted by Crippen LogP contribution is 2.25. The van der Waals surface area contributed by atoms with Crippen LogP contribution in [-0.2, 0) is 16.6 Å². The van der Waals surface area contributed by atoms with Gasteiger partial charge in [0.2, 0.25) is 10.0 Å². The van der Waals surface area contributed by atoms with Crippen LogP contribution in [0.2, 0.25) is 0 Å². The molecule has 2 aromatic rings. The van der Waals surface area contributed by atoms with Gasteiger partial charge < -0.3 is 4.90 Å². The molecule has 0 atom stereocenters. The van der Waals surface area contributed by atoms with Crippen LogP contribution in [0, 0.1) is 11.6 Å². The summed E-state index contributed by atoms with van der Waals surface area (Å²) in [7, 11) is -3.98. The highest BCUT2D eigenvalue weighted by molar-refractivity contribution is 7.89. The Morgan fingerprint density at radius 2 is 1.82 bits per heavy atom. The van der Waals surface area contributed by atoms with Crippen LogP contribution in [0.5, 0.6) is 0 Å². The van der Waals surface area contributed by atoms with Gasteiger partial charge in [0.1, 0.15) is 16.5 Å². The van der Waals surface area contributed by atoms with Crippen molar-refractivity contribution in [1.29, 1.82) is 0 Å². The fraction of sp³-hybridized carbons (Fsp3) is 0.350. The number of carbonyl (C=O) groups is 1. The minimum absolute atomic E-state index is 0.0809. The van der Waals surface area contributed by atoms with E-state index in [1.807, 2.05) is 0 Å². The Morgan fingerprint density at radius 3 is 2.46 bits per heavy atom. The molecule has 0 N–H and O–H groups in total. The third-order valence-electron chi connectivity index (χ3n) is 4.79. The molecule has 0 aliphatic carbocycles. The SMILES string of the molecule is CCN(Cc1cccc(F)c1)C(=O)c1ccc(F)c(S(=O)(=O)N2CCCC2)c1. The van der Waals surface area contributed by atoms with Gasteiger partial charge in [-0.1, -0.05) is 12.1 Å². The number of hydrogen-bond acceptors (Lipinski definition) is 3. The summed E-state index contributed by atoms with van der Waals surface area (Å²) in [4.78, 5) is 13.8. The third-order valence-corrected chi connectivity index (χ3v) is 6.71. The zero-order valence-electron chi connectivity index (χ0n) is 15.6. The van der Waals surface area contributed by atoms with Crippen molar-refractivity contribution >= 4 is 15.9 Å². The lowest BCUT2D eigenvalue weighted by molar-refractivity contribution is 0.0752. The molecule has 0 radical (unpaired) electrons. The van der Waals surface area contributed by atoms with Gasteiger partial charge in [-0.05, 0) is 55.7 Å².